The number of hydrogen-bond acceptors (Lipinski definition) is 6. The van der Waals surface area contributed by atoms with E-state index in [4.69, 9.17) is 14.2 Å². The molecule has 65 heavy (non-hydrogen) atoms. The summed E-state index contributed by atoms with van der Waals surface area (Å²) in [6, 6.07) is 0. The van der Waals surface area contributed by atoms with Crippen molar-refractivity contribution in [2.24, 2.45) is 0 Å². The quantitative estimate of drug-likeness (QED) is 0.0262. The highest BCUT2D eigenvalue weighted by Gasteiger charge is 2.19. The largest absolute Gasteiger partial charge is 0.462 e. The molecule has 1 atom stereocenters. The van der Waals surface area contributed by atoms with Gasteiger partial charge in [-0.05, 0) is 51.4 Å². The summed E-state index contributed by atoms with van der Waals surface area (Å²) in [5.41, 5.74) is 0. The predicted molar refractivity (Wildman–Crippen MR) is 279 cm³/mol. The first-order valence-corrected chi connectivity index (χ1v) is 28.5. The average Bonchev–Trinajstić information content (AvgIpc) is 3.30. The number of ether oxygens (including phenoxy) is 3. The summed E-state index contributed by atoms with van der Waals surface area (Å²) in [6.07, 6.45) is 64.2. The van der Waals surface area contributed by atoms with Crippen molar-refractivity contribution in [2.75, 3.05) is 13.2 Å². The minimum absolute atomic E-state index is 0.0715. The standard InChI is InChI=1S/C59H108O6/c1-4-7-10-13-16-19-22-24-26-28-29-31-32-34-37-40-43-46-49-52-58(61)64-55-56(54-63-57(60)51-48-45-42-39-36-21-18-15-12-9-6-3)65-59(62)53-50-47-44-41-38-35-33-30-27-25-23-20-17-14-11-8-5-2/h8,11,17,20,25,27,56H,4-7,9-10,12-16,18-19,21-24,26,28-55H2,1-3H3/b11-8-,20-17-,27-25-. The fourth-order valence-corrected chi connectivity index (χ4v) is 8.40. The van der Waals surface area contributed by atoms with Crippen LogP contribution in [0.1, 0.15) is 303 Å². The second-order valence-electron chi connectivity index (χ2n) is 19.2. The van der Waals surface area contributed by atoms with E-state index in [1.807, 2.05) is 0 Å². The van der Waals surface area contributed by atoms with E-state index >= 15 is 0 Å². The molecule has 0 radical (unpaired) electrons. The number of esters is 3. The summed E-state index contributed by atoms with van der Waals surface area (Å²) >= 11 is 0. The lowest BCUT2D eigenvalue weighted by atomic mass is 10.0. The number of rotatable bonds is 52. The molecular weight excluding hydrogens is 805 g/mol. The Morgan fingerprint density at radius 1 is 0.323 bits per heavy atom. The maximum Gasteiger partial charge on any atom is 0.306 e. The highest BCUT2D eigenvalue weighted by Crippen LogP contribution is 2.17. The highest BCUT2D eigenvalue weighted by atomic mass is 16.6. The average molecular weight is 914 g/mol. The SMILES string of the molecule is CC/C=C\C/C=C\C/C=C\CCCCCCCCCC(=O)OC(COC(=O)CCCCCCCCCCCCC)COC(=O)CCCCCCCCCCCCCCCCCCCCC. The van der Waals surface area contributed by atoms with Gasteiger partial charge in [0.1, 0.15) is 13.2 Å². The van der Waals surface area contributed by atoms with Crippen LogP contribution in [0.5, 0.6) is 0 Å². The molecule has 0 spiro atoms. The van der Waals surface area contributed by atoms with Gasteiger partial charge in [-0.25, -0.2) is 0 Å². The number of carbonyl (C=O) groups excluding carboxylic acids is 3. The van der Waals surface area contributed by atoms with Gasteiger partial charge in [-0.3, -0.25) is 14.4 Å². The molecule has 0 aliphatic heterocycles. The van der Waals surface area contributed by atoms with E-state index in [0.717, 1.165) is 83.5 Å². The van der Waals surface area contributed by atoms with E-state index < -0.39 is 6.10 Å². The summed E-state index contributed by atoms with van der Waals surface area (Å²) in [4.78, 5) is 38.1. The van der Waals surface area contributed by atoms with Gasteiger partial charge < -0.3 is 14.2 Å². The molecule has 0 bridgehead atoms. The Hall–Kier alpha value is -2.37. The maximum absolute atomic E-state index is 12.8. The lowest BCUT2D eigenvalue weighted by molar-refractivity contribution is -0.167. The lowest BCUT2D eigenvalue weighted by Crippen LogP contribution is -2.30. The van der Waals surface area contributed by atoms with Crippen LogP contribution >= 0.6 is 0 Å². The minimum atomic E-state index is -0.772. The predicted octanol–water partition coefficient (Wildman–Crippen LogP) is 18.9. The van der Waals surface area contributed by atoms with Crippen LogP contribution in [0.2, 0.25) is 0 Å². The third-order valence-corrected chi connectivity index (χ3v) is 12.7. The van der Waals surface area contributed by atoms with Crippen LogP contribution in [0, 0.1) is 0 Å². The van der Waals surface area contributed by atoms with Gasteiger partial charge in [-0.2, -0.15) is 0 Å². The van der Waals surface area contributed by atoms with Crippen molar-refractivity contribution >= 4 is 17.9 Å². The molecular formula is C59H108O6. The minimum Gasteiger partial charge on any atom is -0.462 e. The smallest absolute Gasteiger partial charge is 0.306 e. The van der Waals surface area contributed by atoms with Gasteiger partial charge in [0.05, 0.1) is 0 Å². The monoisotopic (exact) mass is 913 g/mol. The molecule has 1 unspecified atom stereocenters. The molecule has 6 nitrogen and oxygen atoms in total. The van der Waals surface area contributed by atoms with Crippen LogP contribution in [0.15, 0.2) is 36.5 Å². The van der Waals surface area contributed by atoms with Gasteiger partial charge in [-0.15, -0.1) is 0 Å². The molecule has 0 fully saturated rings. The molecule has 0 aromatic heterocycles. The van der Waals surface area contributed by atoms with E-state index in [0.29, 0.717) is 19.3 Å². The molecule has 380 valence electrons. The third kappa shape index (κ3) is 52.5. The van der Waals surface area contributed by atoms with Crippen LogP contribution in [0.25, 0.3) is 0 Å². The van der Waals surface area contributed by atoms with Gasteiger partial charge in [0.15, 0.2) is 6.10 Å². The van der Waals surface area contributed by atoms with Crippen molar-refractivity contribution in [1.29, 1.82) is 0 Å². The molecule has 0 aromatic carbocycles. The molecule has 0 heterocycles. The maximum atomic E-state index is 12.8. The molecule has 0 aliphatic rings. The van der Waals surface area contributed by atoms with Gasteiger partial charge >= 0.3 is 17.9 Å². The van der Waals surface area contributed by atoms with Crippen molar-refractivity contribution in [3.8, 4) is 0 Å². The second kappa shape index (κ2) is 54.2. The van der Waals surface area contributed by atoms with Crippen LogP contribution in [0.3, 0.4) is 0 Å². The summed E-state index contributed by atoms with van der Waals surface area (Å²) in [7, 11) is 0. The Kier molecular flexibility index (Phi) is 52.3. The molecule has 0 aromatic rings. The fraction of sp³-hybridized carbons (Fsp3) is 0.847. The molecule has 0 amide bonds. The first kappa shape index (κ1) is 62.6. The third-order valence-electron chi connectivity index (χ3n) is 12.7. The second-order valence-corrected chi connectivity index (χ2v) is 19.2. The van der Waals surface area contributed by atoms with Crippen LogP contribution in [0.4, 0.5) is 0 Å². The van der Waals surface area contributed by atoms with Gasteiger partial charge in [0.25, 0.3) is 0 Å². The summed E-state index contributed by atoms with van der Waals surface area (Å²) in [5, 5.41) is 0. The first-order chi connectivity index (χ1) is 32.0. The normalized spacial score (nSPS) is 12.2. The van der Waals surface area contributed by atoms with E-state index in [2.05, 4.69) is 57.2 Å². The zero-order valence-corrected chi connectivity index (χ0v) is 43.5. The topological polar surface area (TPSA) is 78.9 Å². The van der Waals surface area contributed by atoms with E-state index in [1.165, 1.54) is 180 Å². The van der Waals surface area contributed by atoms with Crippen molar-refractivity contribution in [3.63, 3.8) is 0 Å². The van der Waals surface area contributed by atoms with Crippen molar-refractivity contribution < 1.29 is 28.6 Å². The molecule has 0 saturated carbocycles. The lowest BCUT2D eigenvalue weighted by Gasteiger charge is -2.18. The summed E-state index contributed by atoms with van der Waals surface area (Å²) < 4.78 is 16.9. The van der Waals surface area contributed by atoms with Gasteiger partial charge in [0, 0.05) is 19.3 Å². The zero-order valence-electron chi connectivity index (χ0n) is 43.5. The van der Waals surface area contributed by atoms with E-state index in [1.54, 1.807) is 0 Å². The number of allylic oxidation sites excluding steroid dienone is 6. The molecule has 0 aliphatic carbocycles. The Morgan fingerprint density at radius 2 is 0.600 bits per heavy atom. The van der Waals surface area contributed by atoms with Gasteiger partial charge in [-0.1, -0.05) is 269 Å². The number of carbonyl (C=O) groups is 3. The first-order valence-electron chi connectivity index (χ1n) is 28.5. The van der Waals surface area contributed by atoms with Crippen LogP contribution in [-0.2, 0) is 28.6 Å². The Morgan fingerprint density at radius 3 is 0.938 bits per heavy atom. The number of unbranched alkanes of at least 4 members (excludes halogenated alkanes) is 35. The van der Waals surface area contributed by atoms with Crippen molar-refractivity contribution in [2.45, 2.75) is 309 Å². The molecule has 0 N–H and O–H groups in total. The van der Waals surface area contributed by atoms with E-state index in [9.17, 15) is 14.4 Å². The van der Waals surface area contributed by atoms with Crippen LogP contribution < -0.4 is 0 Å². The van der Waals surface area contributed by atoms with Crippen molar-refractivity contribution in [3.05, 3.63) is 36.5 Å². The highest BCUT2D eigenvalue weighted by molar-refractivity contribution is 5.71. The molecule has 0 saturated heterocycles. The molecule has 6 heteroatoms. The Bertz CT molecular complexity index is 1090. The van der Waals surface area contributed by atoms with Crippen molar-refractivity contribution in [1.82, 2.24) is 0 Å². The van der Waals surface area contributed by atoms with Crippen LogP contribution in [-0.4, -0.2) is 37.2 Å². The summed E-state index contributed by atoms with van der Waals surface area (Å²) in [5.74, 6) is -0.864. The van der Waals surface area contributed by atoms with E-state index in [-0.39, 0.29) is 31.1 Å². The Balaban J connectivity index is 4.29. The zero-order chi connectivity index (χ0) is 47.2. The summed E-state index contributed by atoms with van der Waals surface area (Å²) in [6.45, 7) is 6.56. The Labute approximate surface area is 404 Å². The van der Waals surface area contributed by atoms with Gasteiger partial charge in [0.2, 0.25) is 0 Å². The molecule has 0 rings (SSSR count). The number of hydrogen-bond donors (Lipinski definition) is 0. The fourth-order valence-electron chi connectivity index (χ4n) is 8.40.